The van der Waals surface area contributed by atoms with Crippen molar-refractivity contribution in [3.8, 4) is 0 Å². The van der Waals surface area contributed by atoms with Crippen LogP contribution >= 0.6 is 0 Å². The molecule has 0 saturated heterocycles. The molecule has 0 amide bonds. The lowest BCUT2D eigenvalue weighted by molar-refractivity contribution is -0.384. The average molecular weight is 253 g/mol. The maximum atomic E-state index is 10.6. The number of nitrogens with one attached hydrogen (secondary N) is 1. The van der Waals surface area contributed by atoms with Crippen LogP contribution in [0.15, 0.2) is 18.3 Å². The normalized spacial score (nSPS) is 11.3. The van der Waals surface area contributed by atoms with Crippen LogP contribution in [0.2, 0.25) is 0 Å². The minimum absolute atomic E-state index is 0.00896. The Bertz CT molecular complexity index is 407. The fraction of sp³-hybridized carbons (Fsp3) is 0.583. The topological polar surface area (TPSA) is 88.3 Å². The van der Waals surface area contributed by atoms with Crippen molar-refractivity contribution in [1.82, 2.24) is 4.98 Å². The van der Waals surface area contributed by atoms with Gasteiger partial charge in [-0.05, 0) is 18.3 Å². The molecule has 6 nitrogen and oxygen atoms in total. The highest BCUT2D eigenvalue weighted by Gasteiger charge is 2.17. The molecule has 6 heteroatoms. The zero-order valence-electron chi connectivity index (χ0n) is 10.7. The van der Waals surface area contributed by atoms with Crippen molar-refractivity contribution in [2.24, 2.45) is 5.41 Å². The Hall–Kier alpha value is -1.69. The molecule has 0 saturated carbocycles. The molecule has 0 spiro atoms. The third-order valence-electron chi connectivity index (χ3n) is 2.71. The summed E-state index contributed by atoms with van der Waals surface area (Å²) in [5.74, 6) is 0.501. The predicted octanol–water partition coefficient (Wildman–Crippen LogP) is 2.20. The van der Waals surface area contributed by atoms with Crippen LogP contribution < -0.4 is 5.32 Å². The van der Waals surface area contributed by atoms with Crippen molar-refractivity contribution >= 4 is 11.5 Å². The van der Waals surface area contributed by atoms with Crippen LogP contribution in [0.25, 0.3) is 0 Å². The molecule has 0 atom stereocenters. The molecule has 0 aliphatic carbocycles. The fourth-order valence-corrected chi connectivity index (χ4v) is 1.61. The van der Waals surface area contributed by atoms with Gasteiger partial charge < -0.3 is 10.4 Å². The van der Waals surface area contributed by atoms with Crippen LogP contribution in [0, 0.1) is 15.5 Å². The minimum Gasteiger partial charge on any atom is -0.396 e. The molecule has 100 valence electrons. The van der Waals surface area contributed by atoms with Gasteiger partial charge in [-0.1, -0.05) is 13.8 Å². The molecule has 1 aromatic heterocycles. The van der Waals surface area contributed by atoms with E-state index in [1.54, 1.807) is 0 Å². The van der Waals surface area contributed by atoms with E-state index in [0.717, 1.165) is 12.8 Å². The number of rotatable bonds is 7. The van der Waals surface area contributed by atoms with Gasteiger partial charge in [0.25, 0.3) is 5.69 Å². The van der Waals surface area contributed by atoms with Gasteiger partial charge in [0, 0.05) is 25.4 Å². The quantitative estimate of drug-likeness (QED) is 0.574. The second kappa shape index (κ2) is 6.30. The number of aliphatic hydroxyl groups is 1. The number of hydrogen-bond acceptors (Lipinski definition) is 5. The minimum atomic E-state index is -0.441. The van der Waals surface area contributed by atoms with Gasteiger partial charge in [0.05, 0.1) is 11.0 Å². The zero-order chi connectivity index (χ0) is 13.6. The van der Waals surface area contributed by atoms with Gasteiger partial charge in [-0.15, -0.1) is 0 Å². The molecule has 0 aliphatic heterocycles. The first-order valence-corrected chi connectivity index (χ1v) is 5.90. The van der Waals surface area contributed by atoms with Crippen molar-refractivity contribution in [2.45, 2.75) is 26.7 Å². The van der Waals surface area contributed by atoms with Gasteiger partial charge in [0.15, 0.2) is 0 Å². The summed E-state index contributed by atoms with van der Waals surface area (Å²) in [5, 5.41) is 22.5. The molecule has 0 aliphatic rings. The van der Waals surface area contributed by atoms with E-state index in [0.29, 0.717) is 12.4 Å². The molecular formula is C12H19N3O3. The van der Waals surface area contributed by atoms with Crippen molar-refractivity contribution in [3.05, 3.63) is 28.4 Å². The molecule has 2 N–H and O–H groups in total. The highest BCUT2D eigenvalue weighted by atomic mass is 16.6. The van der Waals surface area contributed by atoms with Crippen LogP contribution in [0.5, 0.6) is 0 Å². The lowest BCUT2D eigenvalue weighted by Gasteiger charge is -2.24. The summed E-state index contributed by atoms with van der Waals surface area (Å²) in [6, 6.07) is 2.78. The van der Waals surface area contributed by atoms with Crippen LogP contribution in [-0.4, -0.2) is 28.2 Å². The van der Waals surface area contributed by atoms with E-state index in [9.17, 15) is 10.1 Å². The van der Waals surface area contributed by atoms with E-state index in [-0.39, 0.29) is 17.7 Å². The number of aliphatic hydroxyl groups excluding tert-OH is 1. The number of nitrogens with zero attached hydrogens (tertiary/aromatic N) is 2. The summed E-state index contributed by atoms with van der Waals surface area (Å²) in [5.41, 5.74) is 0.0374. The van der Waals surface area contributed by atoms with Gasteiger partial charge in [0.1, 0.15) is 5.82 Å². The van der Waals surface area contributed by atoms with Crippen molar-refractivity contribution in [1.29, 1.82) is 0 Å². The van der Waals surface area contributed by atoms with Crippen LogP contribution in [-0.2, 0) is 0 Å². The van der Waals surface area contributed by atoms with Crippen LogP contribution in [0.3, 0.4) is 0 Å². The molecule has 0 fully saturated rings. The lowest BCUT2D eigenvalue weighted by Crippen LogP contribution is -2.23. The molecule has 1 aromatic rings. The maximum absolute atomic E-state index is 10.6. The van der Waals surface area contributed by atoms with Gasteiger partial charge >= 0.3 is 0 Å². The van der Waals surface area contributed by atoms with E-state index in [2.05, 4.69) is 24.1 Å². The Morgan fingerprint density at radius 3 is 2.89 bits per heavy atom. The van der Waals surface area contributed by atoms with E-state index < -0.39 is 4.92 Å². The number of anilines is 1. The van der Waals surface area contributed by atoms with Gasteiger partial charge in [-0.2, -0.15) is 0 Å². The summed E-state index contributed by atoms with van der Waals surface area (Å²) in [6.07, 6.45) is 3.05. The highest BCUT2D eigenvalue weighted by molar-refractivity contribution is 5.44. The smallest absolute Gasteiger partial charge is 0.274 e. The highest BCUT2D eigenvalue weighted by Crippen LogP contribution is 2.23. The van der Waals surface area contributed by atoms with Crippen molar-refractivity contribution in [2.75, 3.05) is 18.5 Å². The summed E-state index contributed by atoms with van der Waals surface area (Å²) in [7, 11) is 0. The van der Waals surface area contributed by atoms with Crippen LogP contribution in [0.4, 0.5) is 11.5 Å². The molecular weight excluding hydrogens is 234 g/mol. The summed E-state index contributed by atoms with van der Waals surface area (Å²) in [4.78, 5) is 14.2. The maximum Gasteiger partial charge on any atom is 0.274 e. The fourth-order valence-electron chi connectivity index (χ4n) is 1.61. The Balaban J connectivity index is 2.57. The first kappa shape index (κ1) is 14.4. The Morgan fingerprint density at radius 1 is 1.56 bits per heavy atom. The standard InChI is InChI=1S/C12H19N3O3/c1-12(2,5-3-7-16)9-14-11-8-10(15(17)18)4-6-13-11/h4,6,8,16H,3,5,7,9H2,1-2H3,(H,13,14). The van der Waals surface area contributed by atoms with Gasteiger partial charge in [-0.3, -0.25) is 10.1 Å². The van der Waals surface area contributed by atoms with E-state index >= 15 is 0 Å². The van der Waals surface area contributed by atoms with Gasteiger partial charge in [0.2, 0.25) is 0 Å². The first-order valence-electron chi connectivity index (χ1n) is 5.90. The van der Waals surface area contributed by atoms with Crippen molar-refractivity contribution in [3.63, 3.8) is 0 Å². The summed E-state index contributed by atoms with van der Waals surface area (Å²) >= 11 is 0. The molecule has 1 heterocycles. The zero-order valence-corrected chi connectivity index (χ0v) is 10.7. The molecule has 18 heavy (non-hydrogen) atoms. The molecule has 0 unspecified atom stereocenters. The van der Waals surface area contributed by atoms with Crippen molar-refractivity contribution < 1.29 is 10.0 Å². The molecule has 0 bridgehead atoms. The number of hydrogen-bond donors (Lipinski definition) is 2. The molecule has 1 rings (SSSR count). The number of pyridine rings is 1. The average Bonchev–Trinajstić information content (AvgIpc) is 2.34. The van der Waals surface area contributed by atoms with E-state index in [4.69, 9.17) is 5.11 Å². The SMILES string of the molecule is CC(C)(CCCO)CNc1cc([N+](=O)[O-])ccn1. The molecule has 0 aromatic carbocycles. The Labute approximate surface area is 106 Å². The Morgan fingerprint density at radius 2 is 2.28 bits per heavy atom. The van der Waals surface area contributed by atoms with Gasteiger partial charge in [-0.25, -0.2) is 4.98 Å². The number of aromatic nitrogens is 1. The third kappa shape index (κ3) is 4.67. The second-order valence-electron chi connectivity index (χ2n) is 5.00. The van der Waals surface area contributed by atoms with E-state index in [1.165, 1.54) is 18.3 Å². The van der Waals surface area contributed by atoms with Crippen LogP contribution in [0.1, 0.15) is 26.7 Å². The third-order valence-corrected chi connectivity index (χ3v) is 2.71. The first-order chi connectivity index (χ1) is 8.44. The largest absolute Gasteiger partial charge is 0.396 e. The predicted molar refractivity (Wildman–Crippen MR) is 69.5 cm³/mol. The summed E-state index contributed by atoms with van der Waals surface area (Å²) in [6.45, 7) is 4.99. The summed E-state index contributed by atoms with van der Waals surface area (Å²) < 4.78 is 0. The monoisotopic (exact) mass is 253 g/mol. The lowest BCUT2D eigenvalue weighted by atomic mass is 9.88. The number of nitro groups is 1. The molecule has 0 radical (unpaired) electrons. The Kier molecular flexibility index (Phi) is 5.03. The second-order valence-corrected chi connectivity index (χ2v) is 5.00. The van der Waals surface area contributed by atoms with E-state index in [1.807, 2.05) is 0 Å².